The summed E-state index contributed by atoms with van der Waals surface area (Å²) in [5.74, 6) is 0.281. The highest BCUT2D eigenvalue weighted by Gasteiger charge is 2.37. The van der Waals surface area contributed by atoms with Crippen LogP contribution >= 0.6 is 0 Å². The monoisotopic (exact) mass is 405 g/mol. The Kier molecular flexibility index (Phi) is 6.39. The third kappa shape index (κ3) is 4.06. The summed E-state index contributed by atoms with van der Waals surface area (Å²) in [5, 5.41) is 18.7. The minimum absolute atomic E-state index is 0.0102. The highest BCUT2D eigenvalue weighted by molar-refractivity contribution is 7.89. The fourth-order valence-corrected chi connectivity index (χ4v) is 4.74. The molecule has 0 unspecified atom stereocenters. The molecule has 1 aromatic carbocycles. The van der Waals surface area contributed by atoms with E-state index in [1.807, 2.05) is 0 Å². The van der Waals surface area contributed by atoms with Crippen molar-refractivity contribution in [3.8, 4) is 0 Å². The van der Waals surface area contributed by atoms with Gasteiger partial charge in [-0.05, 0) is 18.6 Å². The molecule has 0 saturated heterocycles. The van der Waals surface area contributed by atoms with Crippen molar-refractivity contribution >= 4 is 21.5 Å². The molecule has 1 aromatic heterocycles. The first kappa shape index (κ1) is 20.4. The molecule has 152 valence electrons. The molecule has 0 aliphatic carbocycles. The minimum atomic E-state index is -3.79. The summed E-state index contributed by atoms with van der Waals surface area (Å²) >= 11 is 0. The second-order valence-electron chi connectivity index (χ2n) is 7.04. The number of nitrogens with zero attached hydrogens (tertiary/aromatic N) is 3. The first-order valence-electron chi connectivity index (χ1n) is 9.81. The summed E-state index contributed by atoms with van der Waals surface area (Å²) in [6.07, 6.45) is 8.90. The van der Waals surface area contributed by atoms with Gasteiger partial charge in [-0.3, -0.25) is 4.31 Å². The van der Waals surface area contributed by atoms with Crippen molar-refractivity contribution in [1.29, 1.82) is 0 Å². The van der Waals surface area contributed by atoms with Gasteiger partial charge >= 0.3 is 0 Å². The van der Waals surface area contributed by atoms with E-state index in [2.05, 4.69) is 17.1 Å². The van der Waals surface area contributed by atoms with E-state index < -0.39 is 10.0 Å². The van der Waals surface area contributed by atoms with E-state index in [0.29, 0.717) is 12.3 Å². The lowest BCUT2D eigenvalue weighted by Crippen LogP contribution is -2.30. The van der Waals surface area contributed by atoms with Crippen molar-refractivity contribution in [1.82, 2.24) is 14.5 Å². The second-order valence-corrected chi connectivity index (χ2v) is 8.98. The molecule has 1 aliphatic rings. The maximum atomic E-state index is 12.7. The smallest absolute Gasteiger partial charge is 0.268 e. The molecule has 7 nitrogen and oxygen atoms in total. The van der Waals surface area contributed by atoms with Crippen LogP contribution in [0.2, 0.25) is 0 Å². The number of aliphatic hydroxyl groups excluding tert-OH is 1. The average Bonchev–Trinajstić information content (AvgIpc) is 3.15. The number of aliphatic hydroxyl groups is 1. The number of unbranched alkanes of at least 4 members (excludes halogenated alkanes) is 6. The molecule has 2 aromatic rings. The molecule has 1 N–H and O–H groups in total. The highest BCUT2D eigenvalue weighted by Crippen LogP contribution is 2.38. The van der Waals surface area contributed by atoms with Gasteiger partial charge in [-0.15, -0.1) is 10.2 Å². The third-order valence-electron chi connectivity index (χ3n) is 4.98. The summed E-state index contributed by atoms with van der Waals surface area (Å²) < 4.78 is 32.2. The van der Waals surface area contributed by atoms with Crippen LogP contribution in [-0.2, 0) is 16.4 Å². The van der Waals surface area contributed by atoms with Crippen molar-refractivity contribution in [2.24, 2.45) is 0 Å². The van der Waals surface area contributed by atoms with E-state index in [9.17, 15) is 13.5 Å². The number of hydrogen-bond acceptors (Lipinski definition) is 6. The highest BCUT2D eigenvalue weighted by atomic mass is 32.2. The van der Waals surface area contributed by atoms with Gasteiger partial charge in [0.25, 0.3) is 15.9 Å². The lowest BCUT2D eigenvalue weighted by Gasteiger charge is -2.27. The molecule has 0 radical (unpaired) electrons. The van der Waals surface area contributed by atoms with Crippen LogP contribution in [0.1, 0.15) is 69.2 Å². The van der Waals surface area contributed by atoms with Crippen LogP contribution in [0, 0.1) is 0 Å². The van der Waals surface area contributed by atoms with Crippen LogP contribution in [0.3, 0.4) is 0 Å². The largest absolute Gasteiger partial charge is 0.505 e. The Morgan fingerprint density at radius 2 is 1.71 bits per heavy atom. The number of aryl methyl sites for hydroxylation is 1. The fourth-order valence-electron chi connectivity index (χ4n) is 3.35. The van der Waals surface area contributed by atoms with Gasteiger partial charge in [0, 0.05) is 19.0 Å². The molecule has 8 heteroatoms. The predicted octanol–water partition coefficient (Wildman–Crippen LogP) is 4.38. The number of fused-ring (bicyclic) bond motifs is 1. The van der Waals surface area contributed by atoms with Crippen LogP contribution < -0.4 is 0 Å². The van der Waals surface area contributed by atoms with E-state index in [1.54, 1.807) is 18.2 Å². The molecule has 0 amide bonds. The second kappa shape index (κ2) is 8.77. The predicted molar refractivity (Wildman–Crippen MR) is 107 cm³/mol. The Morgan fingerprint density at radius 1 is 1.04 bits per heavy atom. The summed E-state index contributed by atoms with van der Waals surface area (Å²) in [4.78, 5) is 0.0570. The van der Waals surface area contributed by atoms with Gasteiger partial charge in [0.1, 0.15) is 0 Å². The summed E-state index contributed by atoms with van der Waals surface area (Å²) in [5.41, 5.74) is 0.249. The molecule has 1 aliphatic heterocycles. The zero-order valence-corrected chi connectivity index (χ0v) is 17.2. The Balaban J connectivity index is 1.72. The summed E-state index contributed by atoms with van der Waals surface area (Å²) in [7, 11) is -2.41. The van der Waals surface area contributed by atoms with Gasteiger partial charge in [0.15, 0.2) is 11.5 Å². The van der Waals surface area contributed by atoms with E-state index >= 15 is 0 Å². The minimum Gasteiger partial charge on any atom is -0.505 e. The van der Waals surface area contributed by atoms with Gasteiger partial charge < -0.3 is 9.52 Å². The fraction of sp³-hybridized carbons (Fsp3) is 0.500. The van der Waals surface area contributed by atoms with Crippen LogP contribution in [0.5, 0.6) is 0 Å². The van der Waals surface area contributed by atoms with Gasteiger partial charge in [0.05, 0.1) is 4.90 Å². The van der Waals surface area contributed by atoms with Crippen molar-refractivity contribution in [2.45, 2.75) is 63.2 Å². The van der Waals surface area contributed by atoms with Gasteiger partial charge in [-0.2, -0.15) is 0 Å². The molecule has 2 heterocycles. The van der Waals surface area contributed by atoms with Crippen LogP contribution in [0.25, 0.3) is 11.5 Å². The molecule has 0 spiro atoms. The molecular formula is C20H27N3O4S. The number of sulfonamides is 1. The Morgan fingerprint density at radius 3 is 2.46 bits per heavy atom. The summed E-state index contributed by atoms with van der Waals surface area (Å²) in [6.45, 7) is 2.20. The quantitative estimate of drug-likeness (QED) is 0.622. The van der Waals surface area contributed by atoms with Crippen molar-refractivity contribution in [2.75, 3.05) is 7.05 Å². The number of benzene rings is 1. The maximum absolute atomic E-state index is 12.7. The topological polar surface area (TPSA) is 96.5 Å². The van der Waals surface area contributed by atoms with Crippen LogP contribution in [0.15, 0.2) is 33.6 Å². The lowest BCUT2D eigenvalue weighted by molar-refractivity contribution is 0.444. The van der Waals surface area contributed by atoms with Gasteiger partial charge in [-0.25, -0.2) is 8.42 Å². The molecular weight excluding hydrogens is 378 g/mol. The zero-order valence-electron chi connectivity index (χ0n) is 16.4. The SMILES string of the molecule is CCCCCCCCCc1nnc(C2=C(O)c3ccccc3S(=O)(=O)N2C)o1. The average molecular weight is 406 g/mol. The third-order valence-corrected chi connectivity index (χ3v) is 6.80. The molecule has 0 bridgehead atoms. The molecule has 0 saturated carbocycles. The number of hydrogen-bond donors (Lipinski definition) is 1. The standard InChI is InChI=1S/C20H27N3O4S/c1-3-4-5-6-7-8-9-14-17-21-22-20(27-17)18-19(24)15-12-10-11-13-16(15)28(25,26)23(18)2/h10-13,24H,3-9,14H2,1-2H3. The number of aromatic nitrogens is 2. The Bertz CT molecular complexity index is 950. The summed E-state index contributed by atoms with van der Waals surface area (Å²) in [6, 6.07) is 6.32. The normalized spacial score (nSPS) is 15.7. The van der Waals surface area contributed by atoms with Crippen molar-refractivity contribution in [3.63, 3.8) is 0 Å². The Labute approximate surface area is 166 Å². The first-order chi connectivity index (χ1) is 13.5. The van der Waals surface area contributed by atoms with Crippen molar-refractivity contribution in [3.05, 3.63) is 41.6 Å². The van der Waals surface area contributed by atoms with E-state index in [0.717, 1.165) is 17.1 Å². The molecule has 0 fully saturated rings. The maximum Gasteiger partial charge on any atom is 0.268 e. The molecule has 28 heavy (non-hydrogen) atoms. The van der Waals surface area contributed by atoms with Crippen molar-refractivity contribution < 1.29 is 17.9 Å². The number of rotatable bonds is 9. The van der Waals surface area contributed by atoms with E-state index in [4.69, 9.17) is 4.42 Å². The Hall–Kier alpha value is -2.35. The molecule has 3 rings (SSSR count). The molecule has 0 atom stereocenters. The zero-order chi connectivity index (χ0) is 20.1. The van der Waals surface area contributed by atoms with E-state index in [1.165, 1.54) is 45.2 Å². The van der Waals surface area contributed by atoms with Gasteiger partial charge in [-0.1, -0.05) is 57.6 Å². The first-order valence-corrected chi connectivity index (χ1v) is 11.2. The van der Waals surface area contributed by atoms with Crippen LogP contribution in [-0.4, -0.2) is 35.1 Å². The lowest BCUT2D eigenvalue weighted by atomic mass is 10.1. The van der Waals surface area contributed by atoms with Gasteiger partial charge in [0.2, 0.25) is 5.89 Å². The van der Waals surface area contributed by atoms with E-state index in [-0.39, 0.29) is 27.8 Å². The van der Waals surface area contributed by atoms with Crippen LogP contribution in [0.4, 0.5) is 0 Å².